The summed E-state index contributed by atoms with van der Waals surface area (Å²) in [7, 11) is -3.80. The minimum atomic E-state index is -3.80. The van der Waals surface area contributed by atoms with Gasteiger partial charge in [-0.2, -0.15) is 0 Å². The van der Waals surface area contributed by atoms with E-state index in [1.165, 1.54) is 0 Å². The highest BCUT2D eigenvalue weighted by Crippen LogP contribution is 2.12. The number of nitrogens with one attached hydrogen (secondary N) is 1. The Kier molecular flexibility index (Phi) is 6.32. The zero-order chi connectivity index (χ0) is 16.8. The van der Waals surface area contributed by atoms with Crippen LogP contribution in [-0.4, -0.2) is 42.3 Å². The van der Waals surface area contributed by atoms with Gasteiger partial charge >= 0.3 is 5.97 Å². The van der Waals surface area contributed by atoms with Crippen LogP contribution in [0.5, 0.6) is 0 Å². The fourth-order valence-electron chi connectivity index (χ4n) is 1.85. The molecule has 0 spiro atoms. The summed E-state index contributed by atoms with van der Waals surface area (Å²) >= 11 is 0. The second kappa shape index (κ2) is 7.76. The first kappa shape index (κ1) is 17.9. The van der Waals surface area contributed by atoms with Gasteiger partial charge in [0.05, 0.1) is 5.75 Å². The van der Waals surface area contributed by atoms with Crippen LogP contribution in [0.2, 0.25) is 0 Å². The van der Waals surface area contributed by atoms with Gasteiger partial charge in [0.25, 0.3) is 0 Å². The number of carboxylic acid groups (broad SMARTS) is 1. The summed E-state index contributed by atoms with van der Waals surface area (Å²) in [6.45, 7) is -0.0779. The van der Waals surface area contributed by atoms with Crippen molar-refractivity contribution in [2.24, 2.45) is 11.5 Å². The largest absolute Gasteiger partial charge is 0.480 e. The Balaban J connectivity index is 2.73. The first-order valence-corrected chi connectivity index (χ1v) is 8.21. The van der Waals surface area contributed by atoms with Crippen molar-refractivity contribution in [1.29, 1.82) is 5.41 Å². The maximum absolute atomic E-state index is 12.3. The van der Waals surface area contributed by atoms with Crippen molar-refractivity contribution in [2.75, 3.05) is 6.54 Å². The molecular weight excluding hydrogens is 308 g/mol. The quantitative estimate of drug-likeness (QED) is 0.386. The van der Waals surface area contributed by atoms with E-state index in [1.54, 1.807) is 30.3 Å². The molecule has 8 nitrogen and oxygen atoms in total. The van der Waals surface area contributed by atoms with E-state index in [4.69, 9.17) is 22.0 Å². The van der Waals surface area contributed by atoms with Crippen LogP contribution in [0.25, 0.3) is 0 Å². The standard InChI is InChI=1S/C13H20N4O4S/c14-11(12(18)19)7-4-8-17(13(15)16)22(20,21)9-10-5-2-1-3-6-10/h1-3,5-6,11H,4,7-9,14H2,(H3,15,16)(H,18,19)/t11-/m0/s1. The van der Waals surface area contributed by atoms with Gasteiger partial charge in [0, 0.05) is 6.54 Å². The molecule has 0 fully saturated rings. The molecule has 0 saturated carbocycles. The maximum Gasteiger partial charge on any atom is 0.320 e. The molecule has 0 radical (unpaired) electrons. The molecule has 1 aromatic rings. The molecule has 0 aromatic heterocycles. The van der Waals surface area contributed by atoms with Gasteiger partial charge in [-0.1, -0.05) is 30.3 Å². The Hall–Kier alpha value is -2.13. The summed E-state index contributed by atoms with van der Waals surface area (Å²) in [5.41, 5.74) is 11.3. The molecular formula is C13H20N4O4S. The van der Waals surface area contributed by atoms with E-state index in [0.29, 0.717) is 5.56 Å². The molecule has 0 heterocycles. The van der Waals surface area contributed by atoms with E-state index in [1.807, 2.05) is 0 Å². The van der Waals surface area contributed by atoms with Crippen molar-refractivity contribution in [2.45, 2.75) is 24.6 Å². The fraction of sp³-hybridized carbons (Fsp3) is 0.385. The van der Waals surface area contributed by atoms with Gasteiger partial charge in [-0.05, 0) is 18.4 Å². The van der Waals surface area contributed by atoms with Crippen molar-refractivity contribution < 1.29 is 18.3 Å². The lowest BCUT2D eigenvalue weighted by Gasteiger charge is -2.22. The summed E-state index contributed by atoms with van der Waals surface area (Å²) in [4.78, 5) is 10.6. The van der Waals surface area contributed by atoms with Crippen LogP contribution in [0, 0.1) is 5.41 Å². The third-order valence-electron chi connectivity index (χ3n) is 2.99. The second-order valence-electron chi connectivity index (χ2n) is 4.79. The molecule has 1 atom stereocenters. The average Bonchev–Trinajstić information content (AvgIpc) is 2.42. The van der Waals surface area contributed by atoms with Gasteiger partial charge in [0.15, 0.2) is 0 Å². The van der Waals surface area contributed by atoms with E-state index < -0.39 is 28.0 Å². The number of nitrogens with zero attached hydrogens (tertiary/aromatic N) is 1. The molecule has 122 valence electrons. The zero-order valence-corrected chi connectivity index (χ0v) is 12.8. The number of sulfonamides is 1. The van der Waals surface area contributed by atoms with Crippen molar-refractivity contribution >= 4 is 22.0 Å². The third-order valence-corrected chi connectivity index (χ3v) is 4.74. The minimum Gasteiger partial charge on any atom is -0.480 e. The van der Waals surface area contributed by atoms with Crippen LogP contribution >= 0.6 is 0 Å². The number of carbonyl (C=O) groups is 1. The first-order chi connectivity index (χ1) is 10.2. The van der Waals surface area contributed by atoms with Gasteiger partial charge in [-0.15, -0.1) is 0 Å². The number of aliphatic carboxylic acids is 1. The number of benzene rings is 1. The number of hydrogen-bond donors (Lipinski definition) is 4. The Morgan fingerprint density at radius 3 is 2.41 bits per heavy atom. The molecule has 0 aliphatic rings. The second-order valence-corrected chi connectivity index (χ2v) is 6.68. The number of guanidine groups is 1. The van der Waals surface area contributed by atoms with Crippen molar-refractivity contribution in [3.63, 3.8) is 0 Å². The topological polar surface area (TPSA) is 151 Å². The smallest absolute Gasteiger partial charge is 0.320 e. The monoisotopic (exact) mass is 328 g/mol. The van der Waals surface area contributed by atoms with Crippen molar-refractivity contribution in [1.82, 2.24) is 4.31 Å². The SMILES string of the molecule is N=C(N)N(CCC[C@H](N)C(=O)O)S(=O)(=O)Cc1ccccc1. The van der Waals surface area contributed by atoms with E-state index >= 15 is 0 Å². The highest BCUT2D eigenvalue weighted by atomic mass is 32.2. The molecule has 0 bridgehead atoms. The van der Waals surface area contributed by atoms with Crippen LogP contribution in [-0.2, 0) is 20.6 Å². The molecule has 0 saturated heterocycles. The molecule has 6 N–H and O–H groups in total. The predicted octanol–water partition coefficient (Wildman–Crippen LogP) is -0.0960. The van der Waals surface area contributed by atoms with Gasteiger partial charge in [0.1, 0.15) is 6.04 Å². The van der Waals surface area contributed by atoms with Crippen molar-refractivity contribution in [3.05, 3.63) is 35.9 Å². The number of carboxylic acids is 1. The van der Waals surface area contributed by atoms with Gasteiger partial charge in [-0.3, -0.25) is 10.2 Å². The summed E-state index contributed by atoms with van der Waals surface area (Å²) < 4.78 is 25.4. The lowest BCUT2D eigenvalue weighted by atomic mass is 10.2. The highest BCUT2D eigenvalue weighted by Gasteiger charge is 2.24. The van der Waals surface area contributed by atoms with Crippen LogP contribution < -0.4 is 11.5 Å². The molecule has 22 heavy (non-hydrogen) atoms. The Labute approximate surface area is 129 Å². The van der Waals surface area contributed by atoms with E-state index in [0.717, 1.165) is 4.31 Å². The van der Waals surface area contributed by atoms with Gasteiger partial charge in [0.2, 0.25) is 16.0 Å². The molecule has 0 aliphatic heterocycles. The molecule has 1 aromatic carbocycles. The fourth-order valence-corrected chi connectivity index (χ4v) is 3.33. The molecule has 0 unspecified atom stereocenters. The van der Waals surface area contributed by atoms with E-state index in [2.05, 4.69) is 0 Å². The number of hydrogen-bond acceptors (Lipinski definition) is 5. The lowest BCUT2D eigenvalue weighted by molar-refractivity contribution is -0.138. The minimum absolute atomic E-state index is 0.0779. The highest BCUT2D eigenvalue weighted by molar-refractivity contribution is 7.88. The summed E-state index contributed by atoms with van der Waals surface area (Å²) in [6, 6.07) is 7.47. The van der Waals surface area contributed by atoms with Gasteiger partial charge in [-0.25, -0.2) is 12.7 Å². The van der Waals surface area contributed by atoms with E-state index in [9.17, 15) is 13.2 Å². The molecule has 0 aliphatic carbocycles. The molecule has 1 rings (SSSR count). The number of nitrogens with two attached hydrogens (primary N) is 2. The third kappa shape index (κ3) is 5.34. The maximum atomic E-state index is 12.3. The van der Waals surface area contributed by atoms with E-state index in [-0.39, 0.29) is 25.1 Å². The zero-order valence-electron chi connectivity index (χ0n) is 12.0. The Morgan fingerprint density at radius 2 is 1.91 bits per heavy atom. The Bertz CT molecular complexity index is 618. The number of rotatable bonds is 8. The summed E-state index contributed by atoms with van der Waals surface area (Å²) in [5.74, 6) is -2.03. The average molecular weight is 328 g/mol. The van der Waals surface area contributed by atoms with Crippen LogP contribution in [0.1, 0.15) is 18.4 Å². The van der Waals surface area contributed by atoms with Crippen LogP contribution in [0.3, 0.4) is 0 Å². The summed E-state index contributed by atoms with van der Waals surface area (Å²) in [5, 5.41) is 16.1. The normalized spacial score (nSPS) is 12.6. The lowest BCUT2D eigenvalue weighted by Crippen LogP contribution is -2.43. The molecule has 9 heteroatoms. The first-order valence-electron chi connectivity index (χ1n) is 6.61. The van der Waals surface area contributed by atoms with Crippen LogP contribution in [0.4, 0.5) is 0 Å². The van der Waals surface area contributed by atoms with Gasteiger partial charge < -0.3 is 16.6 Å². The van der Waals surface area contributed by atoms with Crippen LogP contribution in [0.15, 0.2) is 30.3 Å². The van der Waals surface area contributed by atoms with Crippen molar-refractivity contribution in [3.8, 4) is 0 Å². The Morgan fingerprint density at radius 1 is 1.32 bits per heavy atom. The summed E-state index contributed by atoms with van der Waals surface area (Å²) in [6.07, 6.45) is 0.293. The predicted molar refractivity (Wildman–Crippen MR) is 82.5 cm³/mol. The molecule has 0 amide bonds.